The van der Waals surface area contributed by atoms with E-state index in [0.29, 0.717) is 37.8 Å². The van der Waals surface area contributed by atoms with Gasteiger partial charge in [-0.05, 0) is 93.4 Å². The summed E-state index contributed by atoms with van der Waals surface area (Å²) in [4.78, 5) is 33.8. The predicted octanol–water partition coefficient (Wildman–Crippen LogP) is 7.72. The third-order valence-corrected chi connectivity index (χ3v) is 10.5. The summed E-state index contributed by atoms with van der Waals surface area (Å²) in [6.07, 6.45) is 1.83. The lowest BCUT2D eigenvalue weighted by atomic mass is 9.91. The number of thiazole rings is 1. The molecule has 0 unspecified atom stereocenters. The maximum Gasteiger partial charge on any atom is 0.338 e. The highest BCUT2D eigenvalue weighted by atomic mass is 127. The Labute approximate surface area is 315 Å². The van der Waals surface area contributed by atoms with Crippen LogP contribution in [-0.4, -0.2) is 17.1 Å². The van der Waals surface area contributed by atoms with Gasteiger partial charge in [0.05, 0.1) is 43.7 Å². The van der Waals surface area contributed by atoms with Crippen LogP contribution in [0.1, 0.15) is 66.1 Å². The van der Waals surface area contributed by atoms with Crippen LogP contribution in [0.5, 0.6) is 5.75 Å². The van der Waals surface area contributed by atoms with Crippen LogP contribution in [0.25, 0.3) is 11.8 Å². The minimum absolute atomic E-state index is 0.181. The number of nitrogens with zero attached hydrogens (tertiary/aromatic N) is 3. The van der Waals surface area contributed by atoms with Crippen LogP contribution < -0.4 is 19.6 Å². The number of carbonyl (C=O) groups is 1. The van der Waals surface area contributed by atoms with E-state index in [1.807, 2.05) is 91.0 Å². The molecule has 10 heteroatoms. The van der Waals surface area contributed by atoms with E-state index in [2.05, 4.69) is 65.1 Å². The smallest absolute Gasteiger partial charge is 0.338 e. The van der Waals surface area contributed by atoms with Crippen molar-refractivity contribution in [3.8, 4) is 11.8 Å². The number of carbonyl (C=O) groups excluding carboxylic acids is 1. The zero-order valence-corrected chi connectivity index (χ0v) is 32.1. The first-order valence-corrected chi connectivity index (χ1v) is 18.7. The summed E-state index contributed by atoms with van der Waals surface area (Å²) in [5.74, 6) is 0.410. The van der Waals surface area contributed by atoms with Crippen LogP contribution in [0.3, 0.4) is 0 Å². The first-order chi connectivity index (χ1) is 23.7. The Kier molecular flexibility index (Phi) is 10.8. The van der Waals surface area contributed by atoms with Crippen molar-refractivity contribution >= 4 is 74.3 Å². The lowest BCUT2D eigenvalue weighted by Crippen LogP contribution is -2.40. The Morgan fingerprint density at radius 3 is 2.45 bits per heavy atom. The van der Waals surface area contributed by atoms with Crippen molar-refractivity contribution in [2.45, 2.75) is 39.3 Å². The Morgan fingerprint density at radius 2 is 1.76 bits per heavy atom. The van der Waals surface area contributed by atoms with Gasteiger partial charge in [-0.1, -0.05) is 98.0 Å². The fourth-order valence-electron chi connectivity index (χ4n) is 5.71. The van der Waals surface area contributed by atoms with E-state index in [9.17, 15) is 14.9 Å². The second kappa shape index (κ2) is 15.2. The standard InChI is InChI=1S/C39H31I2N3O4S/c1-4-47-38(46)33-34(25-10-6-5-7-11-25)43-39-44(35(33)26-16-14-24(15-17-26)23(2)3)37(45)32(49-39)19-29-18-30(40)20-31(41)36(29)48-22-28-13-9-8-12-27(28)21-42/h5-20,23,35H,4,22H2,1-3H3/b32-19-/t35-/m0/s1. The third-order valence-electron chi connectivity index (χ3n) is 8.13. The van der Waals surface area contributed by atoms with Gasteiger partial charge in [0.2, 0.25) is 0 Å². The van der Waals surface area contributed by atoms with E-state index in [1.165, 1.54) is 11.3 Å². The number of rotatable bonds is 9. The molecule has 1 aliphatic rings. The van der Waals surface area contributed by atoms with Crippen molar-refractivity contribution in [3.63, 3.8) is 0 Å². The van der Waals surface area contributed by atoms with Crippen molar-refractivity contribution in [2.75, 3.05) is 6.61 Å². The van der Waals surface area contributed by atoms with Crippen molar-refractivity contribution in [1.29, 1.82) is 5.26 Å². The number of hydrogen-bond donors (Lipinski definition) is 0. The average molecular weight is 892 g/mol. The second-order valence-electron chi connectivity index (χ2n) is 11.6. The molecule has 0 saturated carbocycles. The molecular weight excluding hydrogens is 860 g/mol. The summed E-state index contributed by atoms with van der Waals surface area (Å²) < 4.78 is 15.9. The third kappa shape index (κ3) is 7.29. The van der Waals surface area contributed by atoms with Crippen molar-refractivity contribution in [3.05, 3.63) is 157 Å². The number of nitriles is 1. The molecule has 49 heavy (non-hydrogen) atoms. The molecule has 4 aromatic carbocycles. The summed E-state index contributed by atoms with van der Waals surface area (Å²) in [5, 5.41) is 9.59. The molecule has 1 atom stereocenters. The van der Waals surface area contributed by atoms with Crippen LogP contribution >= 0.6 is 56.5 Å². The number of hydrogen-bond acceptors (Lipinski definition) is 7. The zero-order chi connectivity index (χ0) is 34.7. The molecule has 0 amide bonds. The molecule has 6 rings (SSSR count). The number of halogens is 2. The van der Waals surface area contributed by atoms with E-state index in [-0.39, 0.29) is 18.8 Å². The van der Waals surface area contributed by atoms with Crippen molar-refractivity contribution in [1.82, 2.24) is 4.57 Å². The van der Waals surface area contributed by atoms with Gasteiger partial charge in [0.1, 0.15) is 12.4 Å². The van der Waals surface area contributed by atoms with E-state index in [1.54, 1.807) is 17.6 Å². The Morgan fingerprint density at radius 1 is 1.04 bits per heavy atom. The second-order valence-corrected chi connectivity index (χ2v) is 15.0. The number of fused-ring (bicyclic) bond motifs is 1. The largest absolute Gasteiger partial charge is 0.487 e. The number of aromatic nitrogens is 1. The first kappa shape index (κ1) is 34.8. The molecule has 0 fully saturated rings. The molecule has 1 aromatic heterocycles. The first-order valence-electron chi connectivity index (χ1n) is 15.7. The van der Waals surface area contributed by atoms with E-state index < -0.39 is 12.0 Å². The van der Waals surface area contributed by atoms with E-state index in [4.69, 9.17) is 14.5 Å². The minimum atomic E-state index is -0.761. The van der Waals surface area contributed by atoms with Crippen LogP contribution in [0.15, 0.2) is 106 Å². The topological polar surface area (TPSA) is 93.7 Å². The van der Waals surface area contributed by atoms with E-state index in [0.717, 1.165) is 35.0 Å². The number of benzene rings is 4. The predicted molar refractivity (Wildman–Crippen MR) is 209 cm³/mol. The molecule has 0 radical (unpaired) electrons. The van der Waals surface area contributed by atoms with Gasteiger partial charge in [-0.2, -0.15) is 5.26 Å². The molecule has 7 nitrogen and oxygen atoms in total. The Bertz CT molecular complexity index is 2300. The highest BCUT2D eigenvalue weighted by Gasteiger charge is 2.35. The summed E-state index contributed by atoms with van der Waals surface area (Å²) in [7, 11) is 0. The molecule has 2 heterocycles. The summed E-state index contributed by atoms with van der Waals surface area (Å²) in [6.45, 7) is 6.39. The van der Waals surface area contributed by atoms with Gasteiger partial charge < -0.3 is 9.47 Å². The number of esters is 1. The van der Waals surface area contributed by atoms with Gasteiger partial charge in [0.15, 0.2) is 4.80 Å². The molecule has 0 bridgehead atoms. The minimum Gasteiger partial charge on any atom is -0.487 e. The van der Waals surface area contributed by atoms with Crippen LogP contribution in [0, 0.1) is 18.5 Å². The normalized spacial score (nSPS) is 14.3. The molecule has 0 spiro atoms. The van der Waals surface area contributed by atoms with Gasteiger partial charge >= 0.3 is 5.97 Å². The highest BCUT2D eigenvalue weighted by molar-refractivity contribution is 14.1. The lowest BCUT2D eigenvalue weighted by Gasteiger charge is -2.26. The molecular formula is C39H31I2N3O4S. The van der Waals surface area contributed by atoms with Gasteiger partial charge in [-0.25, -0.2) is 9.79 Å². The van der Waals surface area contributed by atoms with Crippen molar-refractivity contribution < 1.29 is 14.3 Å². The Balaban J connectivity index is 1.56. The van der Waals surface area contributed by atoms with Gasteiger partial charge in [0, 0.05) is 20.3 Å². The molecule has 246 valence electrons. The Hall–Kier alpha value is -4.06. The summed E-state index contributed by atoms with van der Waals surface area (Å²) >= 11 is 5.75. The van der Waals surface area contributed by atoms with Crippen LogP contribution in [0.2, 0.25) is 0 Å². The highest BCUT2D eigenvalue weighted by Crippen LogP contribution is 2.36. The maximum atomic E-state index is 14.5. The molecule has 5 aromatic rings. The monoisotopic (exact) mass is 891 g/mol. The van der Waals surface area contributed by atoms with Gasteiger partial charge in [-0.3, -0.25) is 9.36 Å². The SMILES string of the molecule is CCOC(=O)C1=C(c2ccccc2)N=c2s/c(=C\c3cc(I)cc(I)c3OCc3ccccc3C#N)c(=O)n2[C@H]1c1ccc(C(C)C)cc1. The summed E-state index contributed by atoms with van der Waals surface area (Å²) in [6, 6.07) is 30.4. The average Bonchev–Trinajstić information content (AvgIpc) is 3.41. The summed E-state index contributed by atoms with van der Waals surface area (Å²) in [5.41, 5.74) is 5.26. The fraction of sp³-hybridized carbons (Fsp3) is 0.179. The van der Waals surface area contributed by atoms with Gasteiger partial charge in [-0.15, -0.1) is 0 Å². The molecule has 0 N–H and O–H groups in total. The van der Waals surface area contributed by atoms with Gasteiger partial charge in [0.25, 0.3) is 5.56 Å². The van der Waals surface area contributed by atoms with Crippen LogP contribution in [-0.2, 0) is 16.1 Å². The van der Waals surface area contributed by atoms with Crippen molar-refractivity contribution in [2.24, 2.45) is 4.99 Å². The lowest BCUT2D eigenvalue weighted by molar-refractivity contribution is -0.138. The quantitative estimate of drug-likeness (QED) is 0.112. The zero-order valence-electron chi connectivity index (χ0n) is 26.9. The van der Waals surface area contributed by atoms with E-state index >= 15 is 0 Å². The molecule has 0 aliphatic carbocycles. The maximum absolute atomic E-state index is 14.5. The van der Waals surface area contributed by atoms with Crippen LogP contribution in [0.4, 0.5) is 0 Å². The molecule has 1 aliphatic heterocycles. The number of ether oxygens (including phenoxy) is 2. The molecule has 0 saturated heterocycles. The fourth-order valence-corrected chi connectivity index (χ4v) is 8.74.